The zero-order valence-electron chi connectivity index (χ0n) is 15.1. The van der Waals surface area contributed by atoms with E-state index in [-0.39, 0.29) is 5.75 Å². The summed E-state index contributed by atoms with van der Waals surface area (Å²) in [5, 5.41) is 0.680. The first-order valence-electron chi connectivity index (χ1n) is 8.77. The van der Waals surface area contributed by atoms with Crippen molar-refractivity contribution in [3.8, 4) is 5.75 Å². The van der Waals surface area contributed by atoms with E-state index in [1.165, 1.54) is 12.8 Å². The monoisotopic (exact) mass is 437 g/mol. The molecule has 2 aromatic rings. The first-order valence-corrected chi connectivity index (χ1v) is 11.5. The summed E-state index contributed by atoms with van der Waals surface area (Å²) < 4.78 is 31.7. The summed E-state index contributed by atoms with van der Waals surface area (Å²) in [6.07, 6.45) is 4.17. The predicted octanol–water partition coefficient (Wildman–Crippen LogP) is 4.52. The van der Waals surface area contributed by atoms with Crippen LogP contribution in [0.3, 0.4) is 0 Å². The molecule has 0 N–H and O–H groups in total. The molecule has 0 aliphatic heterocycles. The van der Waals surface area contributed by atoms with Crippen LogP contribution in [0.1, 0.15) is 37.9 Å². The van der Waals surface area contributed by atoms with Crippen LogP contribution in [-0.2, 0) is 20.6 Å². The first kappa shape index (κ1) is 19.4. The standard InChI is InChI=1S/C20H24BrNO3S/c1-20(2,16-8-9-17(11-21)22-12-16)14-26(23,24)19-5-3-4-18(10-19)25-13-15-6-7-15/h3-5,8-10,12,15H,6-7,11,13-14H2,1-2H3. The van der Waals surface area contributed by atoms with Gasteiger partial charge in [-0.25, -0.2) is 8.42 Å². The lowest BCUT2D eigenvalue weighted by Crippen LogP contribution is -2.28. The maximum Gasteiger partial charge on any atom is 0.179 e. The Hall–Kier alpha value is -1.40. The van der Waals surface area contributed by atoms with Gasteiger partial charge in [0, 0.05) is 16.9 Å². The second-order valence-electron chi connectivity index (χ2n) is 7.54. The molecule has 26 heavy (non-hydrogen) atoms. The van der Waals surface area contributed by atoms with E-state index in [9.17, 15) is 8.42 Å². The van der Waals surface area contributed by atoms with Crippen LogP contribution in [0.4, 0.5) is 0 Å². The highest BCUT2D eigenvalue weighted by molar-refractivity contribution is 9.08. The summed E-state index contributed by atoms with van der Waals surface area (Å²) in [6.45, 7) is 4.53. The maximum absolute atomic E-state index is 13.0. The molecule has 0 spiro atoms. The number of halogens is 1. The SMILES string of the molecule is CC(C)(CS(=O)(=O)c1cccc(OCC2CC2)c1)c1ccc(CBr)nc1. The van der Waals surface area contributed by atoms with Gasteiger partial charge in [0.25, 0.3) is 0 Å². The van der Waals surface area contributed by atoms with Crippen LogP contribution in [0, 0.1) is 5.92 Å². The normalized spacial score (nSPS) is 15.0. The van der Waals surface area contributed by atoms with Crippen molar-refractivity contribution in [1.29, 1.82) is 0 Å². The van der Waals surface area contributed by atoms with Gasteiger partial charge in [-0.3, -0.25) is 4.98 Å². The summed E-state index contributed by atoms with van der Waals surface area (Å²) in [5.74, 6) is 1.27. The molecule has 1 heterocycles. The summed E-state index contributed by atoms with van der Waals surface area (Å²) in [6, 6.07) is 10.7. The van der Waals surface area contributed by atoms with Crippen LogP contribution in [-0.4, -0.2) is 25.8 Å². The molecular formula is C20H24BrNO3S. The molecule has 0 amide bonds. The van der Waals surface area contributed by atoms with E-state index in [0.29, 0.717) is 28.5 Å². The highest BCUT2D eigenvalue weighted by Gasteiger charge is 2.30. The van der Waals surface area contributed by atoms with Gasteiger partial charge in [-0.05, 0) is 48.6 Å². The van der Waals surface area contributed by atoms with E-state index < -0.39 is 15.3 Å². The number of pyridine rings is 1. The fraction of sp³-hybridized carbons (Fsp3) is 0.450. The molecular weight excluding hydrogens is 414 g/mol. The Bertz CT molecular complexity index is 859. The molecule has 1 aromatic carbocycles. The largest absolute Gasteiger partial charge is 0.493 e. The molecule has 1 fully saturated rings. The van der Waals surface area contributed by atoms with Crippen molar-refractivity contribution >= 4 is 25.8 Å². The fourth-order valence-corrected chi connectivity index (χ4v) is 5.00. The van der Waals surface area contributed by atoms with Gasteiger partial charge in [0.05, 0.1) is 22.9 Å². The van der Waals surface area contributed by atoms with Crippen LogP contribution in [0.25, 0.3) is 0 Å². The molecule has 140 valence electrons. The van der Waals surface area contributed by atoms with E-state index in [1.54, 1.807) is 24.4 Å². The van der Waals surface area contributed by atoms with Gasteiger partial charge >= 0.3 is 0 Å². The Morgan fingerprint density at radius 2 is 2.00 bits per heavy atom. The molecule has 0 saturated heterocycles. The van der Waals surface area contributed by atoms with Crippen molar-refractivity contribution in [2.45, 2.75) is 42.3 Å². The first-order chi connectivity index (χ1) is 12.3. The zero-order chi connectivity index (χ0) is 18.8. The fourth-order valence-electron chi connectivity index (χ4n) is 2.80. The van der Waals surface area contributed by atoms with Crippen LogP contribution in [0.5, 0.6) is 5.75 Å². The molecule has 1 aromatic heterocycles. The van der Waals surface area contributed by atoms with Crippen LogP contribution in [0.15, 0.2) is 47.5 Å². The molecule has 1 aliphatic carbocycles. The second kappa shape index (κ2) is 7.69. The van der Waals surface area contributed by atoms with Gasteiger partial charge < -0.3 is 4.74 Å². The quantitative estimate of drug-likeness (QED) is 0.569. The number of sulfone groups is 1. The highest BCUT2D eigenvalue weighted by Crippen LogP contribution is 2.31. The Kier molecular flexibility index (Phi) is 5.72. The van der Waals surface area contributed by atoms with Gasteiger partial charge in [0.2, 0.25) is 0 Å². The smallest absolute Gasteiger partial charge is 0.179 e. The van der Waals surface area contributed by atoms with E-state index >= 15 is 0 Å². The number of hydrogen-bond acceptors (Lipinski definition) is 4. The minimum atomic E-state index is -3.44. The van der Waals surface area contributed by atoms with Crippen LogP contribution >= 0.6 is 15.9 Å². The third-order valence-corrected chi connectivity index (χ3v) is 7.29. The Balaban J connectivity index is 1.76. The highest BCUT2D eigenvalue weighted by atomic mass is 79.9. The number of benzene rings is 1. The molecule has 0 bridgehead atoms. The van der Waals surface area contributed by atoms with E-state index in [4.69, 9.17) is 4.74 Å². The van der Waals surface area contributed by atoms with E-state index in [0.717, 1.165) is 11.3 Å². The minimum absolute atomic E-state index is 0.0153. The van der Waals surface area contributed by atoms with Crippen molar-refractivity contribution < 1.29 is 13.2 Å². The Labute approximate surface area is 164 Å². The summed E-state index contributed by atoms with van der Waals surface area (Å²) in [5.41, 5.74) is 1.29. The zero-order valence-corrected chi connectivity index (χ0v) is 17.5. The van der Waals surface area contributed by atoms with Crippen molar-refractivity contribution in [3.05, 3.63) is 53.9 Å². The van der Waals surface area contributed by atoms with Gasteiger partial charge in [-0.1, -0.05) is 41.9 Å². The van der Waals surface area contributed by atoms with Crippen molar-refractivity contribution in [3.63, 3.8) is 0 Å². The van der Waals surface area contributed by atoms with Gasteiger partial charge in [0.15, 0.2) is 9.84 Å². The Morgan fingerprint density at radius 3 is 2.62 bits per heavy atom. The van der Waals surface area contributed by atoms with Crippen molar-refractivity contribution in [2.24, 2.45) is 5.92 Å². The lowest BCUT2D eigenvalue weighted by molar-refractivity contribution is 0.299. The lowest BCUT2D eigenvalue weighted by Gasteiger charge is -2.25. The number of aromatic nitrogens is 1. The van der Waals surface area contributed by atoms with Crippen LogP contribution < -0.4 is 4.74 Å². The predicted molar refractivity (Wildman–Crippen MR) is 107 cm³/mol. The summed E-state index contributed by atoms with van der Waals surface area (Å²) in [7, 11) is -3.44. The average molecular weight is 438 g/mol. The topological polar surface area (TPSA) is 56.3 Å². The summed E-state index contributed by atoms with van der Waals surface area (Å²) >= 11 is 3.37. The number of hydrogen-bond donors (Lipinski definition) is 0. The molecule has 3 rings (SSSR count). The average Bonchev–Trinajstić information content (AvgIpc) is 3.44. The number of alkyl halides is 1. The maximum atomic E-state index is 13.0. The molecule has 4 nitrogen and oxygen atoms in total. The number of rotatable bonds is 8. The van der Waals surface area contributed by atoms with Gasteiger partial charge in [0.1, 0.15) is 5.75 Å². The van der Waals surface area contributed by atoms with Crippen molar-refractivity contribution in [1.82, 2.24) is 4.98 Å². The number of nitrogens with zero attached hydrogens (tertiary/aromatic N) is 1. The Morgan fingerprint density at radius 1 is 1.23 bits per heavy atom. The van der Waals surface area contributed by atoms with Crippen molar-refractivity contribution in [2.75, 3.05) is 12.4 Å². The molecule has 0 atom stereocenters. The van der Waals surface area contributed by atoms with E-state index in [2.05, 4.69) is 20.9 Å². The van der Waals surface area contributed by atoms with E-state index in [1.807, 2.05) is 32.0 Å². The second-order valence-corrected chi connectivity index (χ2v) is 10.1. The third kappa shape index (κ3) is 4.86. The molecule has 1 saturated carbocycles. The number of ether oxygens (including phenoxy) is 1. The molecule has 6 heteroatoms. The molecule has 0 unspecified atom stereocenters. The third-order valence-electron chi connectivity index (χ3n) is 4.64. The summed E-state index contributed by atoms with van der Waals surface area (Å²) in [4.78, 5) is 4.67. The lowest BCUT2D eigenvalue weighted by atomic mass is 9.88. The van der Waals surface area contributed by atoms with Gasteiger partial charge in [-0.15, -0.1) is 0 Å². The minimum Gasteiger partial charge on any atom is -0.493 e. The van der Waals surface area contributed by atoms with Gasteiger partial charge in [-0.2, -0.15) is 0 Å². The molecule has 1 aliphatic rings. The molecule has 0 radical (unpaired) electrons. The van der Waals surface area contributed by atoms with Crippen LogP contribution in [0.2, 0.25) is 0 Å².